The van der Waals surface area contributed by atoms with E-state index >= 15 is 0 Å². The standard InChI is InChI=1S/C27H33N3O3/c1-21-6-8-23(9-7-21)27(32)10-12-28(13-11-27)18-22-19-30(25-5-3-2-4-24(22)25)20-26(31)29-14-16-33-17-15-29/h2-9,19,32H,10-18,20H2,1H3. The van der Waals surface area contributed by atoms with E-state index in [0.717, 1.165) is 43.6 Å². The van der Waals surface area contributed by atoms with Crippen molar-refractivity contribution in [3.63, 3.8) is 0 Å². The molecule has 2 fully saturated rings. The number of nitrogens with zero attached hydrogens (tertiary/aromatic N) is 3. The van der Waals surface area contributed by atoms with E-state index in [1.165, 1.54) is 16.5 Å². The lowest BCUT2D eigenvalue weighted by atomic mass is 9.84. The van der Waals surface area contributed by atoms with Crippen molar-refractivity contribution in [1.29, 1.82) is 0 Å². The van der Waals surface area contributed by atoms with Gasteiger partial charge in [-0.3, -0.25) is 9.69 Å². The molecule has 2 aliphatic rings. The van der Waals surface area contributed by atoms with Crippen LogP contribution in [0.25, 0.3) is 10.9 Å². The minimum Gasteiger partial charge on any atom is -0.385 e. The first-order valence-electron chi connectivity index (χ1n) is 12.0. The van der Waals surface area contributed by atoms with Gasteiger partial charge in [-0.15, -0.1) is 0 Å². The summed E-state index contributed by atoms with van der Waals surface area (Å²) in [6.07, 6.45) is 3.60. The highest BCUT2D eigenvalue weighted by Gasteiger charge is 2.34. The van der Waals surface area contributed by atoms with Gasteiger partial charge in [0.1, 0.15) is 6.54 Å². The quantitative estimate of drug-likeness (QED) is 0.652. The zero-order valence-electron chi connectivity index (χ0n) is 19.4. The molecule has 2 aliphatic heterocycles. The summed E-state index contributed by atoms with van der Waals surface area (Å²) >= 11 is 0. The molecule has 1 N–H and O–H groups in total. The maximum absolute atomic E-state index is 12.8. The summed E-state index contributed by atoms with van der Waals surface area (Å²) in [5, 5.41) is 12.4. The molecule has 3 heterocycles. The maximum Gasteiger partial charge on any atom is 0.242 e. The number of fused-ring (bicyclic) bond motifs is 1. The summed E-state index contributed by atoms with van der Waals surface area (Å²) in [6.45, 7) is 7.51. The molecule has 33 heavy (non-hydrogen) atoms. The first-order valence-corrected chi connectivity index (χ1v) is 12.0. The number of aromatic nitrogens is 1. The minimum atomic E-state index is -0.747. The van der Waals surface area contributed by atoms with Gasteiger partial charge >= 0.3 is 0 Å². The number of carbonyl (C=O) groups is 1. The Hall–Kier alpha value is -2.67. The number of rotatable bonds is 5. The van der Waals surface area contributed by atoms with Crippen molar-refractivity contribution in [2.45, 2.75) is 38.5 Å². The molecule has 174 valence electrons. The van der Waals surface area contributed by atoms with Gasteiger partial charge in [0, 0.05) is 49.8 Å². The van der Waals surface area contributed by atoms with Crippen LogP contribution in [0.1, 0.15) is 29.5 Å². The molecule has 0 saturated carbocycles. The molecule has 5 rings (SSSR count). The van der Waals surface area contributed by atoms with Gasteiger partial charge in [-0.1, -0.05) is 48.0 Å². The zero-order chi connectivity index (χ0) is 22.8. The van der Waals surface area contributed by atoms with E-state index < -0.39 is 5.60 Å². The third-order valence-electron chi connectivity index (χ3n) is 7.21. The van der Waals surface area contributed by atoms with Crippen LogP contribution in [-0.2, 0) is 28.2 Å². The number of benzene rings is 2. The average Bonchev–Trinajstić information content (AvgIpc) is 3.18. The van der Waals surface area contributed by atoms with Crippen LogP contribution in [0, 0.1) is 6.92 Å². The number of para-hydroxylation sites is 1. The highest BCUT2D eigenvalue weighted by Crippen LogP contribution is 2.34. The van der Waals surface area contributed by atoms with Crippen LogP contribution >= 0.6 is 0 Å². The number of hydrogen-bond donors (Lipinski definition) is 1. The van der Waals surface area contributed by atoms with E-state index in [1.807, 2.05) is 11.0 Å². The molecule has 0 aliphatic carbocycles. The fourth-order valence-electron chi connectivity index (χ4n) is 5.11. The van der Waals surface area contributed by atoms with Crippen molar-refractivity contribution in [3.05, 3.63) is 71.4 Å². The summed E-state index contributed by atoms with van der Waals surface area (Å²) in [4.78, 5) is 17.2. The van der Waals surface area contributed by atoms with Crippen LogP contribution in [0.4, 0.5) is 0 Å². The highest BCUT2D eigenvalue weighted by atomic mass is 16.5. The molecule has 1 amide bonds. The topological polar surface area (TPSA) is 57.9 Å². The van der Waals surface area contributed by atoms with Crippen LogP contribution in [0.5, 0.6) is 0 Å². The number of hydrogen-bond acceptors (Lipinski definition) is 4. The number of piperidine rings is 1. The summed E-state index contributed by atoms with van der Waals surface area (Å²) in [5.41, 5.74) is 3.82. The van der Waals surface area contributed by atoms with Gasteiger partial charge in [0.2, 0.25) is 5.91 Å². The Kier molecular flexibility index (Phi) is 6.23. The predicted octanol–water partition coefficient (Wildman–Crippen LogP) is 3.29. The minimum absolute atomic E-state index is 0.145. The number of carbonyl (C=O) groups excluding carboxylic acids is 1. The SMILES string of the molecule is Cc1ccc(C2(O)CCN(Cc3cn(CC(=O)N4CCOCC4)c4ccccc34)CC2)cc1. The number of amides is 1. The molecule has 0 spiro atoms. The monoisotopic (exact) mass is 447 g/mol. The van der Waals surface area contributed by atoms with Gasteiger partial charge in [0.25, 0.3) is 0 Å². The smallest absolute Gasteiger partial charge is 0.242 e. The van der Waals surface area contributed by atoms with Gasteiger partial charge in [-0.05, 0) is 37.0 Å². The van der Waals surface area contributed by atoms with Crippen molar-refractivity contribution in [2.24, 2.45) is 0 Å². The number of ether oxygens (including phenoxy) is 1. The Morgan fingerprint density at radius 3 is 2.42 bits per heavy atom. The van der Waals surface area contributed by atoms with Gasteiger partial charge < -0.3 is 19.3 Å². The zero-order valence-corrected chi connectivity index (χ0v) is 19.4. The summed E-state index contributed by atoms with van der Waals surface area (Å²) < 4.78 is 7.48. The lowest BCUT2D eigenvalue weighted by Gasteiger charge is -2.38. The maximum atomic E-state index is 12.8. The number of morpholine rings is 1. The Morgan fingerprint density at radius 1 is 1.00 bits per heavy atom. The fraction of sp³-hybridized carbons (Fsp3) is 0.444. The van der Waals surface area contributed by atoms with Crippen molar-refractivity contribution in [3.8, 4) is 0 Å². The van der Waals surface area contributed by atoms with Crippen molar-refractivity contribution >= 4 is 16.8 Å². The molecular formula is C27H33N3O3. The van der Waals surface area contributed by atoms with E-state index in [4.69, 9.17) is 4.74 Å². The van der Waals surface area contributed by atoms with Crippen molar-refractivity contribution in [2.75, 3.05) is 39.4 Å². The number of aryl methyl sites for hydroxylation is 1. The Labute approximate surface area is 195 Å². The van der Waals surface area contributed by atoms with E-state index in [2.05, 4.69) is 65.1 Å². The van der Waals surface area contributed by atoms with Gasteiger partial charge in [-0.2, -0.15) is 0 Å². The second kappa shape index (κ2) is 9.29. The Bertz CT molecular complexity index is 1110. The highest BCUT2D eigenvalue weighted by molar-refractivity contribution is 5.86. The Morgan fingerprint density at radius 2 is 1.70 bits per heavy atom. The van der Waals surface area contributed by atoms with E-state index in [9.17, 15) is 9.90 Å². The molecule has 6 nitrogen and oxygen atoms in total. The third-order valence-corrected chi connectivity index (χ3v) is 7.21. The lowest BCUT2D eigenvalue weighted by Crippen LogP contribution is -2.42. The van der Waals surface area contributed by atoms with Gasteiger partial charge in [-0.25, -0.2) is 0 Å². The normalized spacial score (nSPS) is 19.2. The average molecular weight is 448 g/mol. The second-order valence-corrected chi connectivity index (χ2v) is 9.47. The largest absolute Gasteiger partial charge is 0.385 e. The van der Waals surface area contributed by atoms with Crippen LogP contribution in [-0.4, -0.2) is 64.8 Å². The third kappa shape index (κ3) is 4.69. The lowest BCUT2D eigenvalue weighted by molar-refractivity contribution is -0.135. The van der Waals surface area contributed by atoms with Crippen LogP contribution in [0.3, 0.4) is 0 Å². The molecule has 0 atom stereocenters. The number of aliphatic hydroxyl groups is 1. The molecular weight excluding hydrogens is 414 g/mol. The molecule has 3 aromatic rings. The molecule has 2 saturated heterocycles. The van der Waals surface area contributed by atoms with Crippen LogP contribution in [0.15, 0.2) is 54.7 Å². The molecule has 6 heteroatoms. The Balaban J connectivity index is 1.28. The predicted molar refractivity (Wildman–Crippen MR) is 129 cm³/mol. The first kappa shape index (κ1) is 22.1. The molecule has 1 aromatic heterocycles. The first-order chi connectivity index (χ1) is 16.0. The fourth-order valence-corrected chi connectivity index (χ4v) is 5.11. The molecule has 0 unspecified atom stereocenters. The van der Waals surface area contributed by atoms with E-state index in [-0.39, 0.29) is 5.91 Å². The van der Waals surface area contributed by atoms with Gasteiger partial charge in [0.15, 0.2) is 0 Å². The summed E-state index contributed by atoms with van der Waals surface area (Å²) in [5.74, 6) is 0.145. The van der Waals surface area contributed by atoms with Crippen molar-refractivity contribution < 1.29 is 14.6 Å². The van der Waals surface area contributed by atoms with Crippen LogP contribution in [0.2, 0.25) is 0 Å². The number of likely N-dealkylation sites (tertiary alicyclic amines) is 1. The molecule has 0 bridgehead atoms. The molecule has 2 aromatic carbocycles. The van der Waals surface area contributed by atoms with Crippen molar-refractivity contribution in [1.82, 2.24) is 14.4 Å². The van der Waals surface area contributed by atoms with E-state index in [1.54, 1.807) is 0 Å². The summed E-state index contributed by atoms with van der Waals surface area (Å²) in [7, 11) is 0. The van der Waals surface area contributed by atoms with Crippen LogP contribution < -0.4 is 0 Å². The summed E-state index contributed by atoms with van der Waals surface area (Å²) in [6, 6.07) is 16.6. The van der Waals surface area contributed by atoms with Gasteiger partial charge in [0.05, 0.1) is 18.8 Å². The molecule has 0 radical (unpaired) electrons. The van der Waals surface area contributed by atoms with E-state index in [0.29, 0.717) is 32.8 Å². The second-order valence-electron chi connectivity index (χ2n) is 9.47.